The number of aromatic amines is 1. The Morgan fingerprint density at radius 3 is 2.59 bits per heavy atom. The van der Waals surface area contributed by atoms with Gasteiger partial charge < -0.3 is 10.3 Å². The van der Waals surface area contributed by atoms with Gasteiger partial charge in [-0.05, 0) is 18.9 Å². The van der Waals surface area contributed by atoms with Crippen LogP contribution in [0.2, 0.25) is 0 Å². The Labute approximate surface area is 126 Å². The molecule has 4 nitrogen and oxygen atoms in total. The van der Waals surface area contributed by atoms with Crippen molar-refractivity contribution in [1.82, 2.24) is 15.2 Å². The molecular formula is C15H20F3N3O. The molecule has 0 amide bonds. The van der Waals surface area contributed by atoms with E-state index in [4.69, 9.17) is 0 Å². The van der Waals surface area contributed by atoms with E-state index < -0.39 is 17.4 Å². The molecule has 122 valence electrons. The van der Waals surface area contributed by atoms with Crippen LogP contribution < -0.4 is 10.9 Å². The lowest BCUT2D eigenvalue weighted by Crippen LogP contribution is -2.59. The van der Waals surface area contributed by atoms with Crippen molar-refractivity contribution in [2.24, 2.45) is 0 Å². The van der Waals surface area contributed by atoms with Crippen molar-refractivity contribution in [1.29, 1.82) is 0 Å². The maximum Gasteiger partial charge on any atom is 0.431 e. The lowest BCUT2D eigenvalue weighted by atomic mass is 9.92. The van der Waals surface area contributed by atoms with Gasteiger partial charge in [0.05, 0.1) is 0 Å². The predicted octanol–water partition coefficient (Wildman–Crippen LogP) is 2.11. The van der Waals surface area contributed by atoms with Crippen LogP contribution in [-0.4, -0.2) is 35.1 Å². The molecule has 7 heteroatoms. The number of hydrogen-bond acceptors (Lipinski definition) is 3. The molecule has 1 aliphatic carbocycles. The topological polar surface area (TPSA) is 48.1 Å². The van der Waals surface area contributed by atoms with Crippen LogP contribution in [0.1, 0.15) is 36.9 Å². The first-order valence-electron chi connectivity index (χ1n) is 7.66. The SMILES string of the molecule is O=c1[nH]c(C(F)(F)F)ccc1CN1CCNCC12CCCC2. The molecule has 1 saturated heterocycles. The molecule has 3 rings (SSSR count). The second kappa shape index (κ2) is 5.70. The summed E-state index contributed by atoms with van der Waals surface area (Å²) in [6.07, 6.45) is -0.0143. The Morgan fingerprint density at radius 1 is 1.23 bits per heavy atom. The molecule has 0 unspecified atom stereocenters. The minimum atomic E-state index is -4.51. The number of nitrogens with zero attached hydrogens (tertiary/aromatic N) is 1. The van der Waals surface area contributed by atoms with Gasteiger partial charge in [0.2, 0.25) is 0 Å². The van der Waals surface area contributed by atoms with Gasteiger partial charge in [0.15, 0.2) is 0 Å². The minimum absolute atomic E-state index is 0.0629. The number of H-pyrrole nitrogens is 1. The summed E-state index contributed by atoms with van der Waals surface area (Å²) in [5.41, 5.74) is -1.16. The monoisotopic (exact) mass is 315 g/mol. The number of rotatable bonds is 2. The molecule has 0 aromatic carbocycles. The van der Waals surface area contributed by atoms with E-state index >= 15 is 0 Å². The highest BCUT2D eigenvalue weighted by atomic mass is 19.4. The van der Waals surface area contributed by atoms with E-state index in [0.29, 0.717) is 12.1 Å². The Morgan fingerprint density at radius 2 is 1.95 bits per heavy atom. The van der Waals surface area contributed by atoms with E-state index in [1.807, 2.05) is 4.98 Å². The third-order valence-electron chi connectivity index (χ3n) is 4.88. The normalized spacial score (nSPS) is 22.3. The molecule has 22 heavy (non-hydrogen) atoms. The highest BCUT2D eigenvalue weighted by Gasteiger charge is 2.41. The molecule has 2 N–H and O–H groups in total. The summed E-state index contributed by atoms with van der Waals surface area (Å²) in [6, 6.07) is 2.27. The number of alkyl halides is 3. The summed E-state index contributed by atoms with van der Waals surface area (Å²) in [7, 11) is 0. The molecule has 0 bridgehead atoms. The van der Waals surface area contributed by atoms with Crippen molar-refractivity contribution < 1.29 is 13.2 Å². The summed E-state index contributed by atoms with van der Waals surface area (Å²) in [4.78, 5) is 16.2. The molecule has 1 spiro atoms. The van der Waals surface area contributed by atoms with E-state index in [9.17, 15) is 18.0 Å². The van der Waals surface area contributed by atoms with Gasteiger partial charge in [0.1, 0.15) is 5.69 Å². The number of hydrogen-bond donors (Lipinski definition) is 2. The highest BCUT2D eigenvalue weighted by Crippen LogP contribution is 2.36. The molecule has 0 atom stereocenters. The lowest BCUT2D eigenvalue weighted by molar-refractivity contribution is -0.141. The van der Waals surface area contributed by atoms with Crippen molar-refractivity contribution in [2.45, 2.75) is 43.9 Å². The van der Waals surface area contributed by atoms with Crippen LogP contribution in [-0.2, 0) is 12.7 Å². The molecule has 1 aliphatic heterocycles. The summed E-state index contributed by atoms with van der Waals surface area (Å²) in [6.45, 7) is 2.97. The quantitative estimate of drug-likeness (QED) is 0.879. The fourth-order valence-corrected chi connectivity index (χ4v) is 3.66. The van der Waals surface area contributed by atoms with Crippen LogP contribution in [0.3, 0.4) is 0 Å². The molecule has 2 heterocycles. The Kier molecular flexibility index (Phi) is 4.03. The number of halogens is 3. The lowest BCUT2D eigenvalue weighted by Gasteiger charge is -2.45. The van der Waals surface area contributed by atoms with E-state index in [1.165, 1.54) is 18.9 Å². The number of nitrogens with one attached hydrogen (secondary N) is 2. The van der Waals surface area contributed by atoms with E-state index in [0.717, 1.165) is 38.5 Å². The van der Waals surface area contributed by atoms with Gasteiger partial charge in [-0.15, -0.1) is 0 Å². The van der Waals surface area contributed by atoms with Gasteiger partial charge in [0.25, 0.3) is 5.56 Å². The highest BCUT2D eigenvalue weighted by molar-refractivity contribution is 5.17. The van der Waals surface area contributed by atoms with E-state index in [2.05, 4.69) is 10.2 Å². The Balaban J connectivity index is 1.81. The summed E-state index contributed by atoms with van der Waals surface area (Å²) < 4.78 is 37.8. The third kappa shape index (κ3) is 2.92. The second-order valence-electron chi connectivity index (χ2n) is 6.25. The number of piperazine rings is 1. The van der Waals surface area contributed by atoms with Crippen molar-refractivity contribution in [3.63, 3.8) is 0 Å². The van der Waals surface area contributed by atoms with E-state index in [1.54, 1.807) is 0 Å². The third-order valence-corrected chi connectivity index (χ3v) is 4.88. The molecule has 1 aromatic rings. The average molecular weight is 315 g/mol. The minimum Gasteiger partial charge on any atom is -0.318 e. The van der Waals surface area contributed by atoms with Crippen LogP contribution in [0.25, 0.3) is 0 Å². The maximum atomic E-state index is 12.6. The fourth-order valence-electron chi connectivity index (χ4n) is 3.66. The van der Waals surface area contributed by atoms with Crippen LogP contribution in [0.5, 0.6) is 0 Å². The van der Waals surface area contributed by atoms with Gasteiger partial charge in [-0.25, -0.2) is 0 Å². The Bertz CT molecular complexity index is 590. The Hall–Kier alpha value is -1.34. The predicted molar refractivity (Wildman–Crippen MR) is 76.5 cm³/mol. The smallest absolute Gasteiger partial charge is 0.318 e. The van der Waals surface area contributed by atoms with Gasteiger partial charge in [-0.3, -0.25) is 9.69 Å². The number of pyridine rings is 1. The average Bonchev–Trinajstić information content (AvgIpc) is 2.91. The molecule has 1 aromatic heterocycles. The second-order valence-corrected chi connectivity index (χ2v) is 6.25. The van der Waals surface area contributed by atoms with Gasteiger partial charge >= 0.3 is 6.18 Å². The van der Waals surface area contributed by atoms with Gasteiger partial charge in [-0.1, -0.05) is 18.9 Å². The van der Waals surface area contributed by atoms with Gasteiger partial charge in [-0.2, -0.15) is 13.2 Å². The first kappa shape index (κ1) is 15.6. The number of aromatic nitrogens is 1. The van der Waals surface area contributed by atoms with Crippen molar-refractivity contribution >= 4 is 0 Å². The van der Waals surface area contributed by atoms with Crippen LogP contribution >= 0.6 is 0 Å². The standard InChI is InChI=1S/C15H20F3N3O/c16-15(17,18)12-4-3-11(13(22)20-12)9-21-8-7-19-10-14(21)5-1-2-6-14/h3-4,19H,1-2,5-10H2,(H,20,22). The first-order chi connectivity index (χ1) is 10.4. The molecule has 2 fully saturated rings. The summed E-state index contributed by atoms with van der Waals surface area (Å²) in [5.74, 6) is 0. The molecule has 2 aliphatic rings. The first-order valence-corrected chi connectivity index (χ1v) is 7.66. The summed E-state index contributed by atoms with van der Waals surface area (Å²) in [5, 5.41) is 3.40. The van der Waals surface area contributed by atoms with Gasteiger partial charge in [0, 0.05) is 37.3 Å². The fraction of sp³-hybridized carbons (Fsp3) is 0.667. The van der Waals surface area contributed by atoms with Crippen LogP contribution in [0, 0.1) is 0 Å². The molecule has 0 radical (unpaired) electrons. The largest absolute Gasteiger partial charge is 0.431 e. The molecular weight excluding hydrogens is 295 g/mol. The van der Waals surface area contributed by atoms with E-state index in [-0.39, 0.29) is 5.54 Å². The van der Waals surface area contributed by atoms with Crippen LogP contribution in [0.4, 0.5) is 13.2 Å². The zero-order valence-corrected chi connectivity index (χ0v) is 12.3. The van der Waals surface area contributed by atoms with Crippen LogP contribution in [0.15, 0.2) is 16.9 Å². The zero-order valence-electron chi connectivity index (χ0n) is 12.3. The molecule has 1 saturated carbocycles. The zero-order chi connectivity index (χ0) is 15.8. The summed E-state index contributed by atoms with van der Waals surface area (Å²) >= 11 is 0. The van der Waals surface area contributed by atoms with Crippen molar-refractivity contribution in [3.8, 4) is 0 Å². The van der Waals surface area contributed by atoms with Crippen molar-refractivity contribution in [3.05, 3.63) is 33.7 Å². The van der Waals surface area contributed by atoms with Crippen molar-refractivity contribution in [2.75, 3.05) is 19.6 Å². The maximum absolute atomic E-state index is 12.6.